The van der Waals surface area contributed by atoms with Crippen LogP contribution in [0, 0.1) is 0 Å². The summed E-state index contributed by atoms with van der Waals surface area (Å²) < 4.78 is 18.0. The molecule has 2 atom stereocenters. The number of benzene rings is 3. The van der Waals surface area contributed by atoms with Crippen LogP contribution >= 0.6 is 0 Å². The van der Waals surface area contributed by atoms with Crippen molar-refractivity contribution in [2.75, 3.05) is 19.8 Å². The Labute approximate surface area is 209 Å². The van der Waals surface area contributed by atoms with Gasteiger partial charge in [-0.15, -0.1) is 0 Å². The summed E-state index contributed by atoms with van der Waals surface area (Å²) >= 11 is 0. The Morgan fingerprint density at radius 3 is 2.23 bits per heavy atom. The van der Waals surface area contributed by atoms with Crippen LogP contribution in [-0.4, -0.2) is 42.9 Å². The third kappa shape index (κ3) is 7.18. The molecule has 0 saturated carbocycles. The number of hydrogen-bond acceptors (Lipinski definition) is 5. The predicted octanol–water partition coefficient (Wildman–Crippen LogP) is 4.73. The third-order valence-electron chi connectivity index (χ3n) is 6.23. The van der Waals surface area contributed by atoms with Crippen LogP contribution in [0.15, 0.2) is 78.9 Å². The smallest absolute Gasteiger partial charge is 0.489 e. The van der Waals surface area contributed by atoms with Crippen LogP contribution in [0.4, 0.5) is 0 Å². The Hall–Kier alpha value is -2.64. The standard InChI is InChI=1S/C29H36BNO4/c1-3-4-18-33-22-23(2)34-27-17-11-16-26-28(35-30(32)29(26)27)21-31(19-24-12-7-5-8-13-24)20-25-14-9-6-10-15-25/h5-17,23,28,32H,3-4,18-22H2,1-2H3/t23?,28-/m1/s1. The van der Waals surface area contributed by atoms with Crippen molar-refractivity contribution < 1.29 is 19.2 Å². The van der Waals surface area contributed by atoms with E-state index >= 15 is 0 Å². The summed E-state index contributed by atoms with van der Waals surface area (Å²) in [5, 5.41) is 10.8. The number of ether oxygens (including phenoxy) is 2. The number of rotatable bonds is 13. The van der Waals surface area contributed by atoms with Crippen molar-refractivity contribution in [3.8, 4) is 5.75 Å². The SMILES string of the molecule is CCCCOCC(C)Oc1cccc2c1B(O)O[C@@H]2CN(Cc1ccccc1)Cc1ccccc1. The van der Waals surface area contributed by atoms with E-state index in [-0.39, 0.29) is 12.2 Å². The van der Waals surface area contributed by atoms with Crippen molar-refractivity contribution in [1.82, 2.24) is 4.90 Å². The first-order valence-electron chi connectivity index (χ1n) is 12.6. The van der Waals surface area contributed by atoms with E-state index in [9.17, 15) is 5.02 Å². The van der Waals surface area contributed by atoms with Gasteiger partial charge in [0.1, 0.15) is 11.9 Å². The predicted molar refractivity (Wildman–Crippen MR) is 141 cm³/mol. The largest absolute Gasteiger partial charge is 0.495 e. The molecule has 1 unspecified atom stereocenters. The quantitative estimate of drug-likeness (QED) is 0.287. The van der Waals surface area contributed by atoms with Gasteiger partial charge in [0.15, 0.2) is 0 Å². The molecule has 1 aliphatic rings. The Morgan fingerprint density at radius 2 is 1.60 bits per heavy atom. The minimum Gasteiger partial charge on any atom is -0.489 e. The molecule has 0 fully saturated rings. The molecule has 35 heavy (non-hydrogen) atoms. The van der Waals surface area contributed by atoms with Gasteiger partial charge >= 0.3 is 7.12 Å². The maximum atomic E-state index is 10.8. The Morgan fingerprint density at radius 1 is 0.943 bits per heavy atom. The van der Waals surface area contributed by atoms with E-state index < -0.39 is 7.12 Å². The summed E-state index contributed by atoms with van der Waals surface area (Å²) in [5.74, 6) is 0.668. The van der Waals surface area contributed by atoms with Gasteiger partial charge in [0.2, 0.25) is 0 Å². The molecular formula is C29H36BNO4. The van der Waals surface area contributed by atoms with Crippen molar-refractivity contribution in [2.24, 2.45) is 0 Å². The second-order valence-electron chi connectivity index (χ2n) is 9.23. The number of nitrogens with zero attached hydrogens (tertiary/aromatic N) is 1. The highest BCUT2D eigenvalue weighted by atomic mass is 16.5. The molecule has 5 nitrogen and oxygen atoms in total. The van der Waals surface area contributed by atoms with Crippen molar-refractivity contribution in [3.63, 3.8) is 0 Å². The Bertz CT molecular complexity index is 992. The molecule has 4 rings (SSSR count). The zero-order valence-corrected chi connectivity index (χ0v) is 20.8. The molecule has 0 radical (unpaired) electrons. The van der Waals surface area contributed by atoms with Gasteiger partial charge in [-0.3, -0.25) is 4.90 Å². The molecular weight excluding hydrogens is 437 g/mol. The molecule has 1 N–H and O–H groups in total. The molecule has 0 aromatic heterocycles. The van der Waals surface area contributed by atoms with E-state index in [1.165, 1.54) is 11.1 Å². The fourth-order valence-corrected chi connectivity index (χ4v) is 4.50. The number of fused-ring (bicyclic) bond motifs is 1. The van der Waals surface area contributed by atoms with E-state index in [0.29, 0.717) is 18.9 Å². The molecule has 0 aliphatic carbocycles. The van der Waals surface area contributed by atoms with E-state index in [4.69, 9.17) is 14.1 Å². The van der Waals surface area contributed by atoms with Crippen LogP contribution in [-0.2, 0) is 22.5 Å². The molecule has 0 bridgehead atoms. The maximum Gasteiger partial charge on any atom is 0.495 e. The van der Waals surface area contributed by atoms with E-state index in [2.05, 4.69) is 60.4 Å². The van der Waals surface area contributed by atoms with Crippen LogP contribution in [0.5, 0.6) is 5.75 Å². The maximum absolute atomic E-state index is 10.8. The van der Waals surface area contributed by atoms with Crippen molar-refractivity contribution in [1.29, 1.82) is 0 Å². The van der Waals surface area contributed by atoms with Crippen molar-refractivity contribution in [2.45, 2.75) is 52.0 Å². The second kappa shape index (κ2) is 12.9. The average molecular weight is 473 g/mol. The van der Waals surface area contributed by atoms with Gasteiger partial charge in [-0.2, -0.15) is 0 Å². The summed E-state index contributed by atoms with van der Waals surface area (Å²) in [4.78, 5) is 2.37. The highest BCUT2D eigenvalue weighted by Gasteiger charge is 2.38. The van der Waals surface area contributed by atoms with Gasteiger partial charge < -0.3 is 19.2 Å². The first-order valence-corrected chi connectivity index (χ1v) is 12.6. The average Bonchev–Trinajstić information content (AvgIpc) is 3.19. The lowest BCUT2D eigenvalue weighted by Gasteiger charge is -2.26. The summed E-state index contributed by atoms with van der Waals surface area (Å²) in [6.45, 7) is 7.65. The van der Waals surface area contributed by atoms with Gasteiger partial charge in [0.05, 0.1) is 12.7 Å². The van der Waals surface area contributed by atoms with Crippen LogP contribution in [0.1, 0.15) is 49.5 Å². The second-order valence-corrected chi connectivity index (χ2v) is 9.23. The van der Waals surface area contributed by atoms with Crippen LogP contribution in [0.3, 0.4) is 0 Å². The fraction of sp³-hybridized carbons (Fsp3) is 0.379. The first kappa shape index (κ1) is 25.5. The molecule has 184 valence electrons. The van der Waals surface area contributed by atoms with Crippen LogP contribution < -0.4 is 10.2 Å². The molecule has 1 aliphatic heterocycles. The van der Waals surface area contributed by atoms with E-state index in [1.54, 1.807) is 0 Å². The molecule has 1 heterocycles. The topological polar surface area (TPSA) is 51.2 Å². The fourth-order valence-electron chi connectivity index (χ4n) is 4.50. The lowest BCUT2D eigenvalue weighted by atomic mass is 9.78. The van der Waals surface area contributed by atoms with Crippen LogP contribution in [0.25, 0.3) is 0 Å². The molecule has 3 aromatic rings. The molecule has 6 heteroatoms. The minimum absolute atomic E-state index is 0.114. The highest BCUT2D eigenvalue weighted by molar-refractivity contribution is 6.62. The van der Waals surface area contributed by atoms with Gasteiger partial charge in [0.25, 0.3) is 0 Å². The Balaban J connectivity index is 1.48. The van der Waals surface area contributed by atoms with Gasteiger partial charge in [-0.25, -0.2) is 0 Å². The molecule has 3 aromatic carbocycles. The summed E-state index contributed by atoms with van der Waals surface area (Å²) in [6, 6.07) is 26.8. The summed E-state index contributed by atoms with van der Waals surface area (Å²) in [7, 11) is -1.00. The van der Waals surface area contributed by atoms with E-state index in [1.807, 2.05) is 37.3 Å². The Kier molecular flexibility index (Phi) is 9.38. The van der Waals surface area contributed by atoms with Gasteiger partial charge in [-0.05, 0) is 36.1 Å². The third-order valence-corrected chi connectivity index (χ3v) is 6.23. The lowest BCUT2D eigenvalue weighted by molar-refractivity contribution is 0.0576. The van der Waals surface area contributed by atoms with Gasteiger partial charge in [0, 0.05) is 31.7 Å². The monoisotopic (exact) mass is 473 g/mol. The van der Waals surface area contributed by atoms with Crippen molar-refractivity contribution >= 4 is 12.6 Å². The lowest BCUT2D eigenvalue weighted by Crippen LogP contribution is -2.32. The van der Waals surface area contributed by atoms with Gasteiger partial charge in [-0.1, -0.05) is 86.1 Å². The van der Waals surface area contributed by atoms with Crippen LogP contribution in [0.2, 0.25) is 0 Å². The normalized spacial score (nSPS) is 15.9. The zero-order chi connectivity index (χ0) is 24.5. The van der Waals surface area contributed by atoms with Crippen molar-refractivity contribution in [3.05, 3.63) is 95.6 Å². The first-order chi connectivity index (χ1) is 17.1. The minimum atomic E-state index is -1.00. The number of hydrogen-bond donors (Lipinski definition) is 1. The molecule has 0 amide bonds. The van der Waals surface area contributed by atoms with E-state index in [0.717, 1.165) is 43.6 Å². The summed E-state index contributed by atoms with van der Waals surface area (Å²) in [5.41, 5.74) is 4.21. The summed E-state index contributed by atoms with van der Waals surface area (Å²) in [6.07, 6.45) is 1.80. The number of unbranched alkanes of at least 4 members (excludes halogenated alkanes) is 1. The highest BCUT2D eigenvalue weighted by Crippen LogP contribution is 2.30. The molecule has 0 spiro atoms. The molecule has 0 saturated heterocycles. The zero-order valence-electron chi connectivity index (χ0n) is 20.8.